The van der Waals surface area contributed by atoms with E-state index in [1.807, 2.05) is 36.7 Å². The molecule has 24 heavy (non-hydrogen) atoms. The lowest BCUT2D eigenvalue weighted by Gasteiger charge is -2.13. The zero-order valence-corrected chi connectivity index (χ0v) is 15.6. The summed E-state index contributed by atoms with van der Waals surface area (Å²) in [5.74, 6) is -0.0805. The van der Waals surface area contributed by atoms with Crippen LogP contribution in [0.2, 0.25) is 0 Å². The minimum absolute atomic E-state index is 0.167. The number of carbonyl (C=O) groups is 2. The number of thiophene rings is 1. The number of quaternary nitrogens is 1. The summed E-state index contributed by atoms with van der Waals surface area (Å²) in [6, 6.07) is 11.2. The highest BCUT2D eigenvalue weighted by Gasteiger charge is 2.12. The maximum absolute atomic E-state index is 11.8. The SMILES string of the molecule is C[NH+](CC(=O)NNC(=O)COc1ccc(Br)cc1)Cc1cccs1. The maximum atomic E-state index is 11.8. The Bertz CT molecular complexity index is 662. The molecule has 2 rings (SSSR count). The van der Waals surface area contributed by atoms with Crippen LogP contribution >= 0.6 is 27.3 Å². The van der Waals surface area contributed by atoms with Gasteiger partial charge in [-0.05, 0) is 35.7 Å². The highest BCUT2D eigenvalue weighted by Crippen LogP contribution is 2.15. The van der Waals surface area contributed by atoms with Crippen LogP contribution in [0.15, 0.2) is 46.3 Å². The first-order chi connectivity index (χ1) is 11.5. The van der Waals surface area contributed by atoms with Gasteiger partial charge in [0.1, 0.15) is 12.3 Å². The summed E-state index contributed by atoms with van der Waals surface area (Å²) < 4.78 is 6.25. The average molecular weight is 413 g/mol. The molecule has 128 valence electrons. The Labute approximate surface area is 152 Å². The van der Waals surface area contributed by atoms with E-state index >= 15 is 0 Å². The molecule has 1 unspecified atom stereocenters. The fraction of sp³-hybridized carbons (Fsp3) is 0.250. The number of hydrogen-bond acceptors (Lipinski definition) is 4. The first-order valence-electron chi connectivity index (χ1n) is 7.32. The number of hydrazine groups is 1. The topological polar surface area (TPSA) is 71.9 Å². The van der Waals surface area contributed by atoms with Gasteiger partial charge in [-0.1, -0.05) is 22.0 Å². The molecule has 0 saturated heterocycles. The summed E-state index contributed by atoms with van der Waals surface area (Å²) in [5.41, 5.74) is 4.74. The fourth-order valence-corrected chi connectivity index (χ4v) is 3.03. The number of ether oxygens (including phenoxy) is 1. The summed E-state index contributed by atoms with van der Waals surface area (Å²) in [7, 11) is 1.93. The van der Waals surface area contributed by atoms with Crippen molar-refractivity contribution in [3.63, 3.8) is 0 Å². The third-order valence-corrected chi connectivity index (χ3v) is 4.45. The minimum atomic E-state index is -0.415. The van der Waals surface area contributed by atoms with Gasteiger partial charge in [-0.2, -0.15) is 0 Å². The molecule has 0 bridgehead atoms. The highest BCUT2D eigenvalue weighted by atomic mass is 79.9. The standard InChI is InChI=1S/C16H18BrN3O3S/c1-20(9-14-3-2-8-24-14)10-15(21)18-19-16(22)11-23-13-6-4-12(17)5-7-13/h2-8H,9-11H2,1H3,(H,18,21)(H,19,22)/p+1. The fourth-order valence-electron chi connectivity index (χ4n) is 1.95. The van der Waals surface area contributed by atoms with E-state index in [1.165, 1.54) is 4.88 Å². The van der Waals surface area contributed by atoms with E-state index in [0.717, 1.165) is 15.9 Å². The molecular formula is C16H19BrN3O3S+. The summed E-state index contributed by atoms with van der Waals surface area (Å²) in [6.07, 6.45) is 0. The molecule has 2 amide bonds. The van der Waals surface area contributed by atoms with Crippen molar-refractivity contribution in [1.82, 2.24) is 10.9 Å². The first kappa shape index (κ1) is 18.4. The quantitative estimate of drug-likeness (QED) is 0.587. The molecule has 1 aromatic carbocycles. The number of amides is 2. The van der Waals surface area contributed by atoms with E-state index in [2.05, 4.69) is 26.8 Å². The Morgan fingerprint density at radius 1 is 1.17 bits per heavy atom. The van der Waals surface area contributed by atoms with Gasteiger partial charge in [0, 0.05) is 4.47 Å². The van der Waals surface area contributed by atoms with Crippen LogP contribution in [-0.4, -0.2) is 32.0 Å². The molecule has 1 aromatic heterocycles. The van der Waals surface area contributed by atoms with Crippen molar-refractivity contribution in [3.05, 3.63) is 51.1 Å². The largest absolute Gasteiger partial charge is 0.484 e. The molecule has 0 radical (unpaired) electrons. The van der Waals surface area contributed by atoms with Gasteiger partial charge in [0.25, 0.3) is 11.8 Å². The van der Waals surface area contributed by atoms with E-state index in [-0.39, 0.29) is 19.1 Å². The van der Waals surface area contributed by atoms with Crippen LogP contribution in [0.1, 0.15) is 4.88 Å². The molecule has 3 N–H and O–H groups in total. The molecule has 0 fully saturated rings. The van der Waals surface area contributed by atoms with Gasteiger partial charge >= 0.3 is 0 Å². The number of likely N-dealkylation sites (N-methyl/N-ethyl adjacent to an activating group) is 1. The summed E-state index contributed by atoms with van der Waals surface area (Å²) in [5, 5.41) is 2.01. The van der Waals surface area contributed by atoms with E-state index in [0.29, 0.717) is 5.75 Å². The Morgan fingerprint density at radius 2 is 1.88 bits per heavy atom. The lowest BCUT2D eigenvalue weighted by Crippen LogP contribution is -3.09. The van der Waals surface area contributed by atoms with Crippen LogP contribution in [-0.2, 0) is 16.1 Å². The lowest BCUT2D eigenvalue weighted by atomic mass is 10.3. The number of halogens is 1. The van der Waals surface area contributed by atoms with Gasteiger partial charge in [-0.3, -0.25) is 20.4 Å². The summed E-state index contributed by atoms with van der Waals surface area (Å²) >= 11 is 4.98. The second-order valence-corrected chi connectivity index (χ2v) is 7.18. The van der Waals surface area contributed by atoms with Gasteiger partial charge in [-0.15, -0.1) is 11.3 Å². The zero-order valence-electron chi connectivity index (χ0n) is 13.2. The lowest BCUT2D eigenvalue weighted by molar-refractivity contribution is -0.885. The van der Waals surface area contributed by atoms with Crippen LogP contribution in [0.25, 0.3) is 0 Å². The van der Waals surface area contributed by atoms with Gasteiger partial charge in [0.15, 0.2) is 13.2 Å². The molecule has 1 atom stereocenters. The van der Waals surface area contributed by atoms with Crippen LogP contribution in [0.5, 0.6) is 5.75 Å². The molecule has 0 spiro atoms. The van der Waals surface area contributed by atoms with Crippen molar-refractivity contribution in [2.75, 3.05) is 20.2 Å². The Morgan fingerprint density at radius 3 is 2.54 bits per heavy atom. The van der Waals surface area contributed by atoms with Crippen molar-refractivity contribution in [2.45, 2.75) is 6.54 Å². The zero-order chi connectivity index (χ0) is 17.4. The molecule has 6 nitrogen and oxygen atoms in total. The van der Waals surface area contributed by atoms with Crippen LogP contribution in [0.3, 0.4) is 0 Å². The Balaban J connectivity index is 1.63. The van der Waals surface area contributed by atoms with Gasteiger partial charge in [0.2, 0.25) is 0 Å². The van der Waals surface area contributed by atoms with Crippen molar-refractivity contribution in [3.8, 4) is 5.75 Å². The Hall–Kier alpha value is -1.90. The summed E-state index contributed by atoms with van der Waals surface area (Å²) in [4.78, 5) is 25.7. The van der Waals surface area contributed by atoms with E-state index in [4.69, 9.17) is 4.74 Å². The van der Waals surface area contributed by atoms with E-state index < -0.39 is 5.91 Å². The molecule has 0 aliphatic rings. The van der Waals surface area contributed by atoms with Crippen LogP contribution in [0, 0.1) is 0 Å². The van der Waals surface area contributed by atoms with Gasteiger partial charge in [0.05, 0.1) is 11.9 Å². The van der Waals surface area contributed by atoms with Crippen LogP contribution < -0.4 is 20.5 Å². The summed E-state index contributed by atoms with van der Waals surface area (Å²) in [6.45, 7) is 0.872. The second-order valence-electron chi connectivity index (χ2n) is 5.23. The van der Waals surface area contributed by atoms with Crippen molar-refractivity contribution < 1.29 is 19.2 Å². The smallest absolute Gasteiger partial charge is 0.293 e. The van der Waals surface area contributed by atoms with Crippen molar-refractivity contribution in [1.29, 1.82) is 0 Å². The molecule has 2 aromatic rings. The van der Waals surface area contributed by atoms with Crippen molar-refractivity contribution in [2.24, 2.45) is 0 Å². The molecule has 8 heteroatoms. The Kier molecular flexibility index (Phi) is 7.23. The van der Waals surface area contributed by atoms with Gasteiger partial charge < -0.3 is 9.64 Å². The van der Waals surface area contributed by atoms with Crippen molar-refractivity contribution >= 4 is 39.1 Å². The molecule has 0 aliphatic carbocycles. The number of benzene rings is 1. The van der Waals surface area contributed by atoms with Crippen LogP contribution in [0.4, 0.5) is 0 Å². The normalized spacial score (nSPS) is 11.6. The highest BCUT2D eigenvalue weighted by molar-refractivity contribution is 9.10. The maximum Gasteiger partial charge on any atom is 0.293 e. The van der Waals surface area contributed by atoms with E-state index in [1.54, 1.807) is 23.5 Å². The molecule has 0 saturated carbocycles. The predicted octanol–water partition coefficient (Wildman–Crippen LogP) is 0.752. The molecule has 0 aliphatic heterocycles. The first-order valence-corrected chi connectivity index (χ1v) is 9.00. The third kappa shape index (κ3) is 6.69. The minimum Gasteiger partial charge on any atom is -0.484 e. The van der Waals surface area contributed by atoms with E-state index in [9.17, 15) is 9.59 Å². The number of carbonyl (C=O) groups excluding carboxylic acids is 2. The van der Waals surface area contributed by atoms with Gasteiger partial charge in [-0.25, -0.2) is 0 Å². The average Bonchev–Trinajstić information content (AvgIpc) is 3.05. The molecular weight excluding hydrogens is 394 g/mol. The number of hydrogen-bond donors (Lipinski definition) is 3. The second kappa shape index (κ2) is 9.41. The molecule has 1 heterocycles. The monoisotopic (exact) mass is 412 g/mol. The predicted molar refractivity (Wildman–Crippen MR) is 95.7 cm³/mol. The third-order valence-electron chi connectivity index (χ3n) is 3.04. The number of nitrogens with one attached hydrogen (secondary N) is 3. The number of rotatable bonds is 7.